The van der Waals surface area contributed by atoms with Crippen molar-refractivity contribution in [3.63, 3.8) is 0 Å². The van der Waals surface area contributed by atoms with Gasteiger partial charge in [-0.05, 0) is 43.9 Å². The Morgan fingerprint density at radius 2 is 1.42 bits per heavy atom. The summed E-state index contributed by atoms with van der Waals surface area (Å²) in [6.07, 6.45) is 0.955. The van der Waals surface area contributed by atoms with E-state index < -0.39 is 17.5 Å². The number of hydrogen-bond donors (Lipinski definition) is 0. The average molecular weight is 264 g/mol. The van der Waals surface area contributed by atoms with Crippen LogP contribution in [0.1, 0.15) is 22.3 Å². The Morgan fingerprint density at radius 1 is 0.789 bits per heavy atom. The minimum atomic E-state index is -1.39. The maximum Gasteiger partial charge on any atom is 0.194 e. The quantitative estimate of drug-likeness (QED) is 0.716. The minimum absolute atomic E-state index is 0.207. The summed E-state index contributed by atoms with van der Waals surface area (Å²) >= 11 is 0. The molecule has 0 amide bonds. The monoisotopic (exact) mass is 264 g/mol. The molecule has 2 rings (SSSR count). The van der Waals surface area contributed by atoms with Gasteiger partial charge < -0.3 is 0 Å². The highest BCUT2D eigenvalue weighted by Gasteiger charge is 2.13. The fourth-order valence-electron chi connectivity index (χ4n) is 2.25. The first-order valence-electron chi connectivity index (χ1n) is 6.17. The smallest absolute Gasteiger partial charge is 0.194 e. The van der Waals surface area contributed by atoms with Gasteiger partial charge >= 0.3 is 0 Å². The van der Waals surface area contributed by atoms with Crippen molar-refractivity contribution in [2.24, 2.45) is 0 Å². The number of benzene rings is 2. The highest BCUT2D eigenvalue weighted by molar-refractivity contribution is 5.30. The van der Waals surface area contributed by atoms with Crippen LogP contribution in [0.3, 0.4) is 0 Å². The topological polar surface area (TPSA) is 0 Å². The van der Waals surface area contributed by atoms with E-state index in [0.717, 1.165) is 22.8 Å². The lowest BCUT2D eigenvalue weighted by Gasteiger charge is -2.07. The molecule has 0 heterocycles. The summed E-state index contributed by atoms with van der Waals surface area (Å²) in [5.74, 6) is -3.62. The molecule has 100 valence electrons. The highest BCUT2D eigenvalue weighted by Crippen LogP contribution is 2.18. The van der Waals surface area contributed by atoms with Crippen molar-refractivity contribution in [2.75, 3.05) is 0 Å². The van der Waals surface area contributed by atoms with Gasteiger partial charge in [-0.2, -0.15) is 0 Å². The maximum atomic E-state index is 13.5. The summed E-state index contributed by atoms with van der Waals surface area (Å²) < 4.78 is 39.4. The van der Waals surface area contributed by atoms with Crippen LogP contribution < -0.4 is 0 Å². The molecule has 2 aromatic rings. The van der Waals surface area contributed by atoms with Gasteiger partial charge in [0.2, 0.25) is 0 Å². The van der Waals surface area contributed by atoms with Gasteiger partial charge in [-0.3, -0.25) is 0 Å². The van der Waals surface area contributed by atoms with Crippen LogP contribution in [0.4, 0.5) is 13.2 Å². The first-order chi connectivity index (χ1) is 8.97. The standard InChI is InChI=1S/C16H15F3/c1-10-7-11(2)9-12(8-10)3-4-13-5-6-14(17)16(19)15(13)18/h5-9H,3-4H2,1-2H3. The second-order valence-corrected chi connectivity index (χ2v) is 4.83. The average Bonchev–Trinajstić information content (AvgIpc) is 2.34. The van der Waals surface area contributed by atoms with E-state index in [9.17, 15) is 13.2 Å². The third-order valence-electron chi connectivity index (χ3n) is 3.08. The largest absolute Gasteiger partial charge is 0.204 e. The van der Waals surface area contributed by atoms with Crippen LogP contribution in [0.15, 0.2) is 30.3 Å². The summed E-state index contributed by atoms with van der Waals surface area (Å²) in [6.45, 7) is 3.99. The van der Waals surface area contributed by atoms with Crippen molar-refractivity contribution >= 4 is 0 Å². The molecule has 0 atom stereocenters. The van der Waals surface area contributed by atoms with Gasteiger partial charge in [-0.15, -0.1) is 0 Å². The van der Waals surface area contributed by atoms with Crippen molar-refractivity contribution < 1.29 is 13.2 Å². The SMILES string of the molecule is Cc1cc(C)cc(CCc2ccc(F)c(F)c2F)c1. The molecule has 19 heavy (non-hydrogen) atoms. The lowest BCUT2D eigenvalue weighted by molar-refractivity contribution is 0.441. The van der Waals surface area contributed by atoms with Crippen LogP contribution >= 0.6 is 0 Å². The predicted molar refractivity (Wildman–Crippen MR) is 69.6 cm³/mol. The van der Waals surface area contributed by atoms with E-state index in [1.165, 1.54) is 6.07 Å². The maximum absolute atomic E-state index is 13.5. The molecule has 3 heteroatoms. The Bertz CT molecular complexity index is 583. The molecule has 0 radical (unpaired) electrons. The second-order valence-electron chi connectivity index (χ2n) is 4.83. The molecular formula is C16H15F3. The molecule has 0 aliphatic heterocycles. The normalized spacial score (nSPS) is 10.8. The number of halogens is 3. The Labute approximate surface area is 110 Å². The second kappa shape index (κ2) is 5.47. The van der Waals surface area contributed by atoms with E-state index in [1.54, 1.807) is 0 Å². The highest BCUT2D eigenvalue weighted by atomic mass is 19.2. The first kappa shape index (κ1) is 13.7. The molecular weight excluding hydrogens is 249 g/mol. The molecule has 0 saturated heterocycles. The molecule has 0 aliphatic carbocycles. The number of hydrogen-bond acceptors (Lipinski definition) is 0. The molecule has 0 N–H and O–H groups in total. The molecule has 0 aromatic heterocycles. The lowest BCUT2D eigenvalue weighted by Crippen LogP contribution is -2.00. The van der Waals surface area contributed by atoms with Crippen LogP contribution in [-0.2, 0) is 12.8 Å². The van der Waals surface area contributed by atoms with Gasteiger partial charge in [0.15, 0.2) is 17.5 Å². The van der Waals surface area contributed by atoms with Gasteiger partial charge in [-0.1, -0.05) is 35.4 Å². The summed E-state index contributed by atoms with van der Waals surface area (Å²) in [5.41, 5.74) is 3.56. The predicted octanol–water partition coefficient (Wildman–Crippen LogP) is 4.51. The van der Waals surface area contributed by atoms with E-state index in [1.807, 2.05) is 26.0 Å². The summed E-state index contributed by atoms with van der Waals surface area (Å²) in [6, 6.07) is 8.36. The lowest BCUT2D eigenvalue weighted by atomic mass is 10.0. The summed E-state index contributed by atoms with van der Waals surface area (Å²) in [5, 5.41) is 0. The van der Waals surface area contributed by atoms with Crippen molar-refractivity contribution in [2.45, 2.75) is 26.7 Å². The fraction of sp³-hybridized carbons (Fsp3) is 0.250. The molecule has 0 fully saturated rings. The Kier molecular flexibility index (Phi) is 3.93. The minimum Gasteiger partial charge on any atom is -0.204 e. The van der Waals surface area contributed by atoms with Crippen LogP contribution in [0.2, 0.25) is 0 Å². The van der Waals surface area contributed by atoms with Crippen molar-refractivity contribution in [1.29, 1.82) is 0 Å². The van der Waals surface area contributed by atoms with Crippen molar-refractivity contribution in [3.8, 4) is 0 Å². The van der Waals surface area contributed by atoms with Gasteiger partial charge in [0.25, 0.3) is 0 Å². The Balaban J connectivity index is 2.17. The summed E-state index contributed by atoms with van der Waals surface area (Å²) in [7, 11) is 0. The van der Waals surface area contributed by atoms with Gasteiger partial charge in [0.1, 0.15) is 0 Å². The molecule has 0 saturated carbocycles. The molecule has 0 spiro atoms. The van der Waals surface area contributed by atoms with E-state index in [-0.39, 0.29) is 5.56 Å². The Morgan fingerprint density at radius 3 is 2.05 bits per heavy atom. The zero-order valence-electron chi connectivity index (χ0n) is 10.9. The van der Waals surface area contributed by atoms with Crippen LogP contribution in [0.5, 0.6) is 0 Å². The van der Waals surface area contributed by atoms with Crippen molar-refractivity contribution in [1.82, 2.24) is 0 Å². The zero-order chi connectivity index (χ0) is 14.0. The Hall–Kier alpha value is -1.77. The van der Waals surface area contributed by atoms with E-state index in [4.69, 9.17) is 0 Å². The van der Waals surface area contributed by atoms with Gasteiger partial charge in [0.05, 0.1) is 0 Å². The molecule has 2 aromatic carbocycles. The number of rotatable bonds is 3. The summed E-state index contributed by atoms with van der Waals surface area (Å²) in [4.78, 5) is 0. The fourth-order valence-corrected chi connectivity index (χ4v) is 2.25. The van der Waals surface area contributed by atoms with E-state index >= 15 is 0 Å². The van der Waals surface area contributed by atoms with E-state index in [2.05, 4.69) is 6.07 Å². The van der Waals surface area contributed by atoms with Gasteiger partial charge in [-0.25, -0.2) is 13.2 Å². The van der Waals surface area contributed by atoms with Crippen molar-refractivity contribution in [3.05, 3.63) is 70.0 Å². The van der Waals surface area contributed by atoms with Crippen LogP contribution in [0.25, 0.3) is 0 Å². The number of aryl methyl sites for hydroxylation is 4. The third kappa shape index (κ3) is 3.16. The van der Waals surface area contributed by atoms with Crippen LogP contribution in [-0.4, -0.2) is 0 Å². The van der Waals surface area contributed by atoms with E-state index in [0.29, 0.717) is 12.8 Å². The molecule has 0 nitrogen and oxygen atoms in total. The molecule has 0 unspecified atom stereocenters. The zero-order valence-corrected chi connectivity index (χ0v) is 10.9. The van der Waals surface area contributed by atoms with Gasteiger partial charge in [0, 0.05) is 0 Å². The molecule has 0 bridgehead atoms. The first-order valence-corrected chi connectivity index (χ1v) is 6.17. The third-order valence-corrected chi connectivity index (χ3v) is 3.08. The molecule has 0 aliphatic rings. The van der Waals surface area contributed by atoms with Crippen LogP contribution in [0, 0.1) is 31.3 Å².